The molecule has 1 unspecified atom stereocenters. The summed E-state index contributed by atoms with van der Waals surface area (Å²) in [6.07, 6.45) is 0. The summed E-state index contributed by atoms with van der Waals surface area (Å²) in [7, 11) is 1.80. The van der Waals surface area contributed by atoms with E-state index in [2.05, 4.69) is 121 Å². The SMILES string of the molecule is COCc1ccccc1[As+](c1ccccc1)(c1ccccc1)[As](C)c1ccccc1. The molecular formula is C27H27As2O+. The quantitative estimate of drug-likeness (QED) is 0.342. The fourth-order valence-electron chi connectivity index (χ4n) is 4.14. The van der Waals surface area contributed by atoms with Crippen LogP contribution in [0.15, 0.2) is 115 Å². The number of rotatable bonds is 7. The van der Waals surface area contributed by atoms with Gasteiger partial charge in [0.15, 0.2) is 0 Å². The molecule has 0 aliphatic carbocycles. The van der Waals surface area contributed by atoms with E-state index in [0.29, 0.717) is 6.61 Å². The minimum atomic E-state index is -2.78. The molecule has 4 aromatic rings. The molecule has 0 amide bonds. The second kappa shape index (κ2) is 9.84. The van der Waals surface area contributed by atoms with Gasteiger partial charge in [0, 0.05) is 0 Å². The van der Waals surface area contributed by atoms with E-state index in [0.717, 1.165) is 0 Å². The molecule has 0 heterocycles. The zero-order chi connectivity index (χ0) is 20.8. The molecule has 0 aromatic heterocycles. The van der Waals surface area contributed by atoms with Crippen LogP contribution in [0.1, 0.15) is 5.56 Å². The van der Waals surface area contributed by atoms with E-state index in [1.54, 1.807) is 7.11 Å². The predicted octanol–water partition coefficient (Wildman–Crippen LogP) is 3.41. The Morgan fingerprint density at radius 2 is 1.10 bits per heavy atom. The van der Waals surface area contributed by atoms with Gasteiger partial charge >= 0.3 is 186 Å². The third-order valence-corrected chi connectivity index (χ3v) is 36.0. The molecule has 0 spiro atoms. The molecule has 1 nitrogen and oxygen atoms in total. The Bertz CT molecular complexity index is 1030. The van der Waals surface area contributed by atoms with Crippen molar-refractivity contribution in [2.75, 3.05) is 7.11 Å². The summed E-state index contributed by atoms with van der Waals surface area (Å²) in [6.45, 7) is 0.649. The fraction of sp³-hybridized carbons (Fsp3) is 0.111. The maximum absolute atomic E-state index is 5.66. The van der Waals surface area contributed by atoms with Gasteiger partial charge in [-0.05, 0) is 0 Å². The zero-order valence-electron chi connectivity index (χ0n) is 17.5. The average Bonchev–Trinajstić information content (AvgIpc) is 2.83. The second-order valence-corrected chi connectivity index (χ2v) is 29.4. The summed E-state index contributed by atoms with van der Waals surface area (Å²) in [6, 6.07) is 42.8. The average molecular weight is 517 g/mol. The first-order chi connectivity index (χ1) is 14.8. The Hall–Kier alpha value is -2.04. The molecule has 0 aliphatic heterocycles. The number of hydrogen-bond donors (Lipinski definition) is 0. The van der Waals surface area contributed by atoms with Gasteiger partial charge in [-0.15, -0.1) is 0 Å². The Kier molecular flexibility index (Phi) is 6.96. The van der Waals surface area contributed by atoms with E-state index >= 15 is 0 Å². The van der Waals surface area contributed by atoms with Gasteiger partial charge in [0.2, 0.25) is 0 Å². The van der Waals surface area contributed by atoms with Crippen molar-refractivity contribution in [3.8, 4) is 0 Å². The Morgan fingerprint density at radius 1 is 0.633 bits per heavy atom. The van der Waals surface area contributed by atoms with Crippen molar-refractivity contribution >= 4 is 41.5 Å². The molecule has 0 N–H and O–H groups in total. The van der Waals surface area contributed by atoms with Gasteiger partial charge in [-0.1, -0.05) is 0 Å². The Labute approximate surface area is 185 Å². The van der Waals surface area contributed by atoms with E-state index in [1.165, 1.54) is 23.0 Å². The monoisotopic (exact) mass is 517 g/mol. The maximum atomic E-state index is 5.66. The number of ether oxygens (including phenoxy) is 1. The summed E-state index contributed by atoms with van der Waals surface area (Å²) in [5.74, 6) is 0. The topological polar surface area (TPSA) is 9.23 Å². The normalized spacial score (nSPS) is 12.5. The van der Waals surface area contributed by atoms with Gasteiger partial charge in [0.25, 0.3) is 0 Å². The van der Waals surface area contributed by atoms with Crippen molar-refractivity contribution in [3.63, 3.8) is 0 Å². The number of benzene rings is 4. The first-order valence-electron chi connectivity index (χ1n) is 10.2. The van der Waals surface area contributed by atoms with E-state index in [4.69, 9.17) is 4.74 Å². The van der Waals surface area contributed by atoms with Crippen molar-refractivity contribution in [1.82, 2.24) is 0 Å². The van der Waals surface area contributed by atoms with Crippen LogP contribution in [0.25, 0.3) is 0 Å². The zero-order valence-corrected chi connectivity index (χ0v) is 21.2. The molecule has 4 aromatic carbocycles. The van der Waals surface area contributed by atoms with Gasteiger partial charge < -0.3 is 0 Å². The van der Waals surface area contributed by atoms with Crippen molar-refractivity contribution in [2.24, 2.45) is 0 Å². The standard InChI is InChI=1S/C27H27As2O/c1-28(24-15-6-3-7-16-24)29(25-17-8-4-9-18-25,26-19-10-5-11-20-26)27-21-13-12-14-23(27)22-30-2/h3-21H,22H2,1-2H3/q+1. The Morgan fingerprint density at radius 3 is 1.63 bits per heavy atom. The summed E-state index contributed by atoms with van der Waals surface area (Å²) in [5.41, 5.74) is 3.90. The predicted molar refractivity (Wildman–Crippen MR) is 132 cm³/mol. The Balaban J connectivity index is 2.10. The van der Waals surface area contributed by atoms with E-state index in [-0.39, 0.29) is 0 Å². The molecule has 4 rings (SSSR count). The third kappa shape index (κ3) is 3.95. The van der Waals surface area contributed by atoms with Crippen LogP contribution in [0.3, 0.4) is 0 Å². The molecule has 150 valence electrons. The van der Waals surface area contributed by atoms with Crippen molar-refractivity contribution in [3.05, 3.63) is 121 Å². The van der Waals surface area contributed by atoms with Gasteiger partial charge in [-0.25, -0.2) is 0 Å². The van der Waals surface area contributed by atoms with Gasteiger partial charge in [-0.3, -0.25) is 0 Å². The van der Waals surface area contributed by atoms with Crippen LogP contribution >= 0.6 is 0 Å². The summed E-state index contributed by atoms with van der Waals surface area (Å²) >= 11 is -4.30. The van der Waals surface area contributed by atoms with E-state index < -0.39 is 24.1 Å². The van der Waals surface area contributed by atoms with Crippen LogP contribution in [-0.2, 0) is 11.3 Å². The van der Waals surface area contributed by atoms with Gasteiger partial charge in [0.05, 0.1) is 0 Å². The molecule has 0 bridgehead atoms. The van der Waals surface area contributed by atoms with Crippen molar-refractivity contribution in [2.45, 2.75) is 12.3 Å². The number of hydrogen-bond acceptors (Lipinski definition) is 1. The van der Waals surface area contributed by atoms with E-state index in [1.807, 2.05) is 0 Å². The van der Waals surface area contributed by atoms with Gasteiger partial charge in [0.1, 0.15) is 0 Å². The molecule has 30 heavy (non-hydrogen) atoms. The third-order valence-electron chi connectivity index (χ3n) is 5.48. The van der Waals surface area contributed by atoms with Crippen LogP contribution in [0.4, 0.5) is 0 Å². The summed E-state index contributed by atoms with van der Waals surface area (Å²) in [4.78, 5) is 0. The molecule has 0 radical (unpaired) electrons. The first kappa shape index (κ1) is 21.2. The van der Waals surface area contributed by atoms with Gasteiger partial charge in [-0.2, -0.15) is 0 Å². The first-order valence-corrected chi connectivity index (χ1v) is 21.0. The summed E-state index contributed by atoms with van der Waals surface area (Å²) < 4.78 is 11.8. The number of methoxy groups -OCH3 is 1. The molecule has 0 saturated carbocycles. The minimum absolute atomic E-state index is 0.649. The molecule has 3 heteroatoms. The molecule has 0 aliphatic rings. The molecule has 0 fully saturated rings. The van der Waals surface area contributed by atoms with E-state index in [9.17, 15) is 0 Å². The van der Waals surface area contributed by atoms with Crippen molar-refractivity contribution < 1.29 is 4.74 Å². The van der Waals surface area contributed by atoms with Crippen molar-refractivity contribution in [1.29, 1.82) is 0 Å². The summed E-state index contributed by atoms with van der Waals surface area (Å²) in [5, 5.41) is 0. The molecular weight excluding hydrogens is 490 g/mol. The van der Waals surface area contributed by atoms with Crippen LogP contribution < -0.4 is 17.4 Å². The van der Waals surface area contributed by atoms with Crippen LogP contribution in [0.2, 0.25) is 5.71 Å². The van der Waals surface area contributed by atoms with Crippen LogP contribution in [0.5, 0.6) is 0 Å². The molecule has 0 saturated heterocycles. The second-order valence-electron chi connectivity index (χ2n) is 7.23. The fourth-order valence-corrected chi connectivity index (χ4v) is 35.7. The molecule has 1 atom stereocenters. The van der Waals surface area contributed by atoms with Crippen LogP contribution in [-0.4, -0.2) is 31.2 Å². The van der Waals surface area contributed by atoms with Crippen LogP contribution in [0, 0.1) is 0 Å².